The van der Waals surface area contributed by atoms with E-state index in [-0.39, 0.29) is 5.78 Å². The van der Waals surface area contributed by atoms with Crippen LogP contribution in [-0.2, 0) is 0 Å². The van der Waals surface area contributed by atoms with E-state index in [4.69, 9.17) is 5.73 Å². The van der Waals surface area contributed by atoms with Crippen LogP contribution < -0.4 is 5.73 Å². The molecule has 88 valence electrons. The molecular formula is C14H10N2OS. The van der Waals surface area contributed by atoms with Gasteiger partial charge in [0.2, 0.25) is 5.78 Å². The number of carbonyl (C=O) groups is 1. The Morgan fingerprint density at radius 2 is 1.89 bits per heavy atom. The second-order valence-corrected chi connectivity index (χ2v) is 4.94. The summed E-state index contributed by atoms with van der Waals surface area (Å²) in [5, 5.41) is 0. The van der Waals surface area contributed by atoms with Gasteiger partial charge in [0.25, 0.3) is 0 Å². The van der Waals surface area contributed by atoms with Crippen LogP contribution in [0.4, 0.5) is 5.69 Å². The zero-order chi connectivity index (χ0) is 12.5. The highest BCUT2D eigenvalue weighted by Crippen LogP contribution is 2.33. The molecule has 0 amide bonds. The summed E-state index contributed by atoms with van der Waals surface area (Å²) < 4.78 is 0.939. The van der Waals surface area contributed by atoms with Gasteiger partial charge in [0.1, 0.15) is 10.4 Å². The second-order valence-electron chi connectivity index (χ2n) is 3.89. The summed E-state index contributed by atoms with van der Waals surface area (Å²) in [5.74, 6) is -0.0453. The van der Waals surface area contributed by atoms with Gasteiger partial charge in [0.15, 0.2) is 0 Å². The Hall–Kier alpha value is -2.20. The highest BCUT2D eigenvalue weighted by Gasteiger charge is 2.18. The third-order valence-corrected chi connectivity index (χ3v) is 3.88. The molecule has 2 N–H and O–H groups in total. The van der Waals surface area contributed by atoms with E-state index in [1.54, 1.807) is 18.3 Å². The molecular weight excluding hydrogens is 244 g/mol. The predicted molar refractivity (Wildman–Crippen MR) is 73.9 cm³/mol. The number of benzene rings is 1. The Kier molecular flexibility index (Phi) is 2.57. The first kappa shape index (κ1) is 10.9. The van der Waals surface area contributed by atoms with Gasteiger partial charge in [-0.2, -0.15) is 0 Å². The molecule has 4 heteroatoms. The lowest BCUT2D eigenvalue weighted by atomic mass is 10.1. The summed E-state index contributed by atoms with van der Waals surface area (Å²) in [7, 11) is 0. The molecule has 2 aromatic heterocycles. The van der Waals surface area contributed by atoms with Gasteiger partial charge in [-0.1, -0.05) is 30.3 Å². The fraction of sp³-hybridized carbons (Fsp3) is 0. The monoisotopic (exact) mass is 254 g/mol. The SMILES string of the molecule is Nc1c(C(=O)c2ccccc2)sc2cccnc12. The normalized spacial score (nSPS) is 10.7. The highest BCUT2D eigenvalue weighted by atomic mass is 32.1. The summed E-state index contributed by atoms with van der Waals surface area (Å²) in [6, 6.07) is 12.9. The standard InChI is InChI=1S/C14H10N2OS/c15-11-12-10(7-4-8-16-12)18-14(11)13(17)9-5-2-1-3-6-9/h1-8H,15H2. The van der Waals surface area contributed by atoms with E-state index >= 15 is 0 Å². The molecule has 0 bridgehead atoms. The molecule has 3 aromatic rings. The summed E-state index contributed by atoms with van der Waals surface area (Å²) in [4.78, 5) is 17.1. The van der Waals surface area contributed by atoms with Crippen LogP contribution in [0, 0.1) is 0 Å². The molecule has 1 aromatic carbocycles. The highest BCUT2D eigenvalue weighted by molar-refractivity contribution is 7.21. The lowest BCUT2D eigenvalue weighted by Gasteiger charge is -1.98. The van der Waals surface area contributed by atoms with Gasteiger partial charge >= 0.3 is 0 Å². The summed E-state index contributed by atoms with van der Waals surface area (Å²) in [5.41, 5.74) is 7.84. The molecule has 0 saturated heterocycles. The number of aromatic nitrogens is 1. The maximum atomic E-state index is 12.3. The number of rotatable bonds is 2. The number of pyridine rings is 1. The van der Waals surface area contributed by atoms with Crippen LogP contribution in [0.3, 0.4) is 0 Å². The van der Waals surface area contributed by atoms with Gasteiger partial charge in [0.05, 0.1) is 10.4 Å². The summed E-state index contributed by atoms with van der Waals surface area (Å²) in [6.45, 7) is 0. The topological polar surface area (TPSA) is 56.0 Å². The Balaban J connectivity index is 2.15. The van der Waals surface area contributed by atoms with Crippen molar-refractivity contribution in [3.8, 4) is 0 Å². The Morgan fingerprint density at radius 1 is 1.11 bits per heavy atom. The minimum absolute atomic E-state index is 0.0453. The number of nitrogens with zero attached hydrogens (tertiary/aromatic N) is 1. The third-order valence-electron chi connectivity index (χ3n) is 2.72. The van der Waals surface area contributed by atoms with Crippen LogP contribution in [0.5, 0.6) is 0 Å². The lowest BCUT2D eigenvalue weighted by molar-refractivity contribution is 0.104. The summed E-state index contributed by atoms with van der Waals surface area (Å²) >= 11 is 1.39. The number of carbonyl (C=O) groups excluding carboxylic acids is 1. The molecule has 3 nitrogen and oxygen atoms in total. The number of hydrogen-bond acceptors (Lipinski definition) is 4. The molecule has 18 heavy (non-hydrogen) atoms. The van der Waals surface area contributed by atoms with Crippen molar-refractivity contribution in [2.24, 2.45) is 0 Å². The number of nitrogens with two attached hydrogens (primary N) is 1. The lowest BCUT2D eigenvalue weighted by Crippen LogP contribution is -2.01. The van der Waals surface area contributed by atoms with E-state index in [9.17, 15) is 4.79 Å². The Morgan fingerprint density at radius 3 is 2.61 bits per heavy atom. The van der Waals surface area contributed by atoms with Crippen molar-refractivity contribution in [1.82, 2.24) is 4.98 Å². The largest absolute Gasteiger partial charge is 0.396 e. The molecule has 3 rings (SSSR count). The quantitative estimate of drug-likeness (QED) is 0.715. The van der Waals surface area contributed by atoms with Gasteiger partial charge in [-0.15, -0.1) is 11.3 Å². The first-order valence-corrected chi connectivity index (χ1v) is 6.32. The van der Waals surface area contributed by atoms with Gasteiger partial charge < -0.3 is 5.73 Å². The zero-order valence-electron chi connectivity index (χ0n) is 9.46. The minimum Gasteiger partial charge on any atom is -0.396 e. The van der Waals surface area contributed by atoms with Crippen molar-refractivity contribution in [2.75, 3.05) is 5.73 Å². The van der Waals surface area contributed by atoms with Crippen LogP contribution in [0.25, 0.3) is 10.2 Å². The van der Waals surface area contributed by atoms with Crippen LogP contribution in [0.2, 0.25) is 0 Å². The Labute approximate surface area is 108 Å². The van der Waals surface area contributed by atoms with Crippen molar-refractivity contribution >= 4 is 33.0 Å². The molecule has 2 heterocycles. The van der Waals surface area contributed by atoms with Crippen molar-refractivity contribution in [3.63, 3.8) is 0 Å². The predicted octanol–water partition coefficient (Wildman–Crippen LogP) is 3.11. The zero-order valence-corrected chi connectivity index (χ0v) is 10.3. The van der Waals surface area contributed by atoms with Gasteiger partial charge in [-0.25, -0.2) is 0 Å². The molecule has 0 aliphatic heterocycles. The first-order valence-electron chi connectivity index (χ1n) is 5.50. The number of anilines is 1. The van der Waals surface area contributed by atoms with Crippen LogP contribution in [0.1, 0.15) is 15.2 Å². The molecule has 0 fully saturated rings. The van der Waals surface area contributed by atoms with Crippen LogP contribution >= 0.6 is 11.3 Å². The number of hydrogen-bond donors (Lipinski definition) is 1. The van der Waals surface area contributed by atoms with E-state index in [0.717, 1.165) is 4.70 Å². The fourth-order valence-corrected chi connectivity index (χ4v) is 2.88. The molecule has 0 radical (unpaired) electrons. The molecule has 0 spiro atoms. The van der Waals surface area contributed by atoms with Crippen molar-refractivity contribution in [2.45, 2.75) is 0 Å². The van der Waals surface area contributed by atoms with Crippen molar-refractivity contribution in [3.05, 3.63) is 59.1 Å². The van der Waals surface area contributed by atoms with Crippen LogP contribution in [-0.4, -0.2) is 10.8 Å². The van der Waals surface area contributed by atoms with E-state index in [2.05, 4.69) is 4.98 Å². The van der Waals surface area contributed by atoms with Gasteiger partial charge in [-0.05, 0) is 12.1 Å². The van der Waals surface area contributed by atoms with Crippen LogP contribution in [0.15, 0.2) is 48.7 Å². The maximum absolute atomic E-state index is 12.3. The molecule has 0 saturated carbocycles. The third kappa shape index (κ3) is 1.67. The van der Waals surface area contributed by atoms with Gasteiger partial charge in [-0.3, -0.25) is 9.78 Å². The molecule has 0 unspecified atom stereocenters. The van der Waals surface area contributed by atoms with Crippen molar-refractivity contribution < 1.29 is 4.79 Å². The maximum Gasteiger partial charge on any atom is 0.205 e. The number of thiophene rings is 1. The fourth-order valence-electron chi connectivity index (χ4n) is 1.84. The number of nitrogen functional groups attached to an aromatic ring is 1. The van der Waals surface area contributed by atoms with Crippen molar-refractivity contribution in [1.29, 1.82) is 0 Å². The van der Waals surface area contributed by atoms with E-state index in [1.165, 1.54) is 11.3 Å². The number of fused-ring (bicyclic) bond motifs is 1. The second kappa shape index (κ2) is 4.23. The summed E-state index contributed by atoms with van der Waals surface area (Å²) in [6.07, 6.45) is 1.68. The average Bonchev–Trinajstić information content (AvgIpc) is 2.77. The minimum atomic E-state index is -0.0453. The number of ketones is 1. The van der Waals surface area contributed by atoms with Gasteiger partial charge in [0, 0.05) is 11.8 Å². The average molecular weight is 254 g/mol. The molecule has 0 aliphatic rings. The molecule has 0 atom stereocenters. The molecule has 0 aliphatic carbocycles. The Bertz CT molecular complexity index is 719. The smallest absolute Gasteiger partial charge is 0.205 e. The first-order chi connectivity index (χ1) is 8.77. The van der Waals surface area contributed by atoms with E-state index in [0.29, 0.717) is 21.6 Å². The van der Waals surface area contributed by atoms with E-state index in [1.807, 2.05) is 30.3 Å². The van der Waals surface area contributed by atoms with E-state index < -0.39 is 0 Å².